The zero-order valence-electron chi connectivity index (χ0n) is 9.86. The zero-order chi connectivity index (χ0) is 12.3. The minimum absolute atomic E-state index is 0.678. The quantitative estimate of drug-likeness (QED) is 0.942. The Balaban J connectivity index is 2.39. The summed E-state index contributed by atoms with van der Waals surface area (Å²) in [6.07, 6.45) is 5.65. The van der Waals surface area contributed by atoms with E-state index in [9.17, 15) is 0 Å². The van der Waals surface area contributed by atoms with Gasteiger partial charge >= 0.3 is 0 Å². The van der Waals surface area contributed by atoms with Crippen LogP contribution in [0.25, 0.3) is 5.69 Å². The van der Waals surface area contributed by atoms with Crippen molar-refractivity contribution in [2.75, 3.05) is 6.54 Å². The van der Waals surface area contributed by atoms with Crippen LogP contribution in [0.2, 0.25) is 0 Å². The predicted molar refractivity (Wildman–Crippen MR) is 73.4 cm³/mol. The van der Waals surface area contributed by atoms with Gasteiger partial charge in [0.05, 0.1) is 5.69 Å². The van der Waals surface area contributed by atoms with Gasteiger partial charge in [-0.2, -0.15) is 0 Å². The van der Waals surface area contributed by atoms with Crippen LogP contribution < -0.4 is 5.73 Å². The second-order valence-corrected chi connectivity index (χ2v) is 4.75. The Kier molecular flexibility index (Phi) is 3.97. The molecule has 2 aromatic rings. The molecule has 0 aliphatic heterocycles. The summed E-state index contributed by atoms with van der Waals surface area (Å²) in [5, 5.41) is 0. The molecule has 17 heavy (non-hydrogen) atoms. The molecule has 0 aliphatic carbocycles. The first kappa shape index (κ1) is 12.3. The fraction of sp³-hybridized carbons (Fsp3) is 0.308. The summed E-state index contributed by atoms with van der Waals surface area (Å²) in [6, 6.07) is 6.35. The number of imidazole rings is 1. The van der Waals surface area contributed by atoms with Crippen molar-refractivity contribution in [3.8, 4) is 5.69 Å². The fourth-order valence-corrected chi connectivity index (χ4v) is 2.50. The van der Waals surface area contributed by atoms with Crippen LogP contribution in [0.3, 0.4) is 0 Å². The van der Waals surface area contributed by atoms with Crippen LogP contribution in [0, 0.1) is 0 Å². The lowest BCUT2D eigenvalue weighted by Gasteiger charge is -2.10. The highest BCUT2D eigenvalue weighted by atomic mass is 79.9. The Bertz CT molecular complexity index is 505. The van der Waals surface area contributed by atoms with Gasteiger partial charge in [0.25, 0.3) is 0 Å². The lowest BCUT2D eigenvalue weighted by atomic mass is 10.1. The van der Waals surface area contributed by atoms with Crippen molar-refractivity contribution < 1.29 is 0 Å². The SMILES string of the molecule is CCc1nccn1-c1ccc(CCN)cc1Br. The maximum atomic E-state index is 5.56. The molecule has 2 N–H and O–H groups in total. The molecule has 90 valence electrons. The number of nitrogens with two attached hydrogens (primary N) is 1. The van der Waals surface area contributed by atoms with Gasteiger partial charge in [0, 0.05) is 23.3 Å². The normalized spacial score (nSPS) is 10.8. The van der Waals surface area contributed by atoms with E-state index >= 15 is 0 Å². The van der Waals surface area contributed by atoms with Crippen LogP contribution in [-0.2, 0) is 12.8 Å². The van der Waals surface area contributed by atoms with Crippen LogP contribution in [0.1, 0.15) is 18.3 Å². The molecular weight excluding hydrogens is 278 g/mol. The molecule has 0 radical (unpaired) electrons. The topological polar surface area (TPSA) is 43.8 Å². The minimum Gasteiger partial charge on any atom is -0.330 e. The number of hydrogen-bond donors (Lipinski definition) is 1. The van der Waals surface area contributed by atoms with Crippen LogP contribution >= 0.6 is 15.9 Å². The van der Waals surface area contributed by atoms with Crippen molar-refractivity contribution in [2.45, 2.75) is 19.8 Å². The number of benzene rings is 1. The number of nitrogens with zero attached hydrogens (tertiary/aromatic N) is 2. The van der Waals surface area contributed by atoms with Crippen molar-refractivity contribution >= 4 is 15.9 Å². The molecular formula is C13H16BrN3. The van der Waals surface area contributed by atoms with Crippen LogP contribution in [0.15, 0.2) is 35.1 Å². The minimum atomic E-state index is 0.678. The van der Waals surface area contributed by atoms with Gasteiger partial charge in [-0.3, -0.25) is 0 Å². The summed E-state index contributed by atoms with van der Waals surface area (Å²) in [6.45, 7) is 2.78. The van der Waals surface area contributed by atoms with Crippen LogP contribution in [0.4, 0.5) is 0 Å². The third kappa shape index (κ3) is 2.58. The average Bonchev–Trinajstić information content (AvgIpc) is 2.77. The third-order valence-corrected chi connectivity index (χ3v) is 3.37. The highest BCUT2D eigenvalue weighted by Crippen LogP contribution is 2.24. The van der Waals surface area contributed by atoms with E-state index < -0.39 is 0 Å². The molecule has 3 nitrogen and oxygen atoms in total. The molecule has 0 bridgehead atoms. The maximum absolute atomic E-state index is 5.56. The predicted octanol–water partition coefficient (Wildman–Crippen LogP) is 2.70. The molecule has 0 atom stereocenters. The summed E-state index contributed by atoms with van der Waals surface area (Å²) in [5.41, 5.74) is 7.93. The molecule has 0 saturated carbocycles. The standard InChI is InChI=1S/C13H16BrN3/c1-2-13-16-7-8-17(13)12-4-3-10(5-6-15)9-11(12)14/h3-4,7-9H,2,5-6,15H2,1H3. The summed E-state index contributed by atoms with van der Waals surface area (Å²) < 4.78 is 3.19. The third-order valence-electron chi connectivity index (χ3n) is 2.74. The van der Waals surface area contributed by atoms with Crippen molar-refractivity contribution in [2.24, 2.45) is 5.73 Å². The second kappa shape index (κ2) is 5.47. The molecule has 4 heteroatoms. The van der Waals surface area contributed by atoms with Crippen LogP contribution in [-0.4, -0.2) is 16.1 Å². The van der Waals surface area contributed by atoms with Gasteiger partial charge in [0.1, 0.15) is 5.82 Å². The Labute approximate surface area is 110 Å². The van der Waals surface area contributed by atoms with Gasteiger partial charge in [-0.05, 0) is 46.6 Å². The molecule has 1 aromatic heterocycles. The molecule has 0 amide bonds. The van der Waals surface area contributed by atoms with Crippen molar-refractivity contribution in [1.29, 1.82) is 0 Å². The molecule has 0 fully saturated rings. The first-order valence-electron chi connectivity index (χ1n) is 5.77. The van der Waals surface area contributed by atoms with E-state index in [0.29, 0.717) is 6.54 Å². The zero-order valence-corrected chi connectivity index (χ0v) is 11.4. The summed E-state index contributed by atoms with van der Waals surface area (Å²) >= 11 is 3.61. The van der Waals surface area contributed by atoms with Gasteiger partial charge in [0.15, 0.2) is 0 Å². The van der Waals surface area contributed by atoms with E-state index in [1.165, 1.54) is 5.56 Å². The molecule has 0 saturated heterocycles. The van der Waals surface area contributed by atoms with Crippen molar-refractivity contribution in [1.82, 2.24) is 9.55 Å². The molecule has 0 spiro atoms. The molecule has 1 heterocycles. The summed E-state index contributed by atoms with van der Waals surface area (Å²) in [4.78, 5) is 4.33. The molecule has 2 rings (SSSR count). The van der Waals surface area contributed by atoms with Crippen molar-refractivity contribution in [3.63, 3.8) is 0 Å². The van der Waals surface area contributed by atoms with Gasteiger partial charge in [-0.15, -0.1) is 0 Å². The number of halogens is 1. The van der Waals surface area contributed by atoms with Gasteiger partial charge < -0.3 is 10.3 Å². The maximum Gasteiger partial charge on any atom is 0.112 e. The van der Waals surface area contributed by atoms with E-state index in [4.69, 9.17) is 5.73 Å². The lowest BCUT2D eigenvalue weighted by Crippen LogP contribution is -2.04. The number of aromatic nitrogens is 2. The summed E-state index contributed by atoms with van der Waals surface area (Å²) in [5.74, 6) is 1.07. The molecule has 1 aromatic carbocycles. The van der Waals surface area contributed by atoms with E-state index in [1.807, 2.05) is 12.4 Å². The fourth-order valence-electron chi connectivity index (χ4n) is 1.88. The highest BCUT2D eigenvalue weighted by molar-refractivity contribution is 9.10. The smallest absolute Gasteiger partial charge is 0.112 e. The Hall–Kier alpha value is -1.13. The van der Waals surface area contributed by atoms with Gasteiger partial charge in [0.2, 0.25) is 0 Å². The van der Waals surface area contributed by atoms with Gasteiger partial charge in [-0.1, -0.05) is 13.0 Å². The average molecular weight is 294 g/mol. The first-order chi connectivity index (χ1) is 8.26. The highest BCUT2D eigenvalue weighted by Gasteiger charge is 2.07. The molecule has 0 aliphatic rings. The summed E-state index contributed by atoms with van der Waals surface area (Å²) in [7, 11) is 0. The lowest BCUT2D eigenvalue weighted by molar-refractivity contribution is 0.885. The Morgan fingerprint density at radius 3 is 2.88 bits per heavy atom. The number of hydrogen-bond acceptors (Lipinski definition) is 2. The van der Waals surface area contributed by atoms with E-state index in [0.717, 1.165) is 28.8 Å². The monoisotopic (exact) mass is 293 g/mol. The largest absolute Gasteiger partial charge is 0.330 e. The van der Waals surface area contributed by atoms with E-state index in [-0.39, 0.29) is 0 Å². The molecule has 0 unspecified atom stereocenters. The van der Waals surface area contributed by atoms with E-state index in [1.54, 1.807) is 0 Å². The second-order valence-electron chi connectivity index (χ2n) is 3.89. The van der Waals surface area contributed by atoms with Gasteiger partial charge in [-0.25, -0.2) is 4.98 Å². The number of rotatable bonds is 4. The number of aryl methyl sites for hydroxylation is 1. The van der Waals surface area contributed by atoms with Crippen LogP contribution in [0.5, 0.6) is 0 Å². The first-order valence-corrected chi connectivity index (χ1v) is 6.56. The Morgan fingerprint density at radius 1 is 1.41 bits per heavy atom. The Morgan fingerprint density at radius 2 is 2.24 bits per heavy atom. The van der Waals surface area contributed by atoms with E-state index in [2.05, 4.69) is 50.6 Å². The van der Waals surface area contributed by atoms with Crippen molar-refractivity contribution in [3.05, 3.63) is 46.5 Å².